The van der Waals surface area contributed by atoms with Gasteiger partial charge in [-0.1, -0.05) is 13.8 Å². The molecule has 1 aromatic heterocycles. The third-order valence-corrected chi connectivity index (χ3v) is 5.38. The molecule has 0 aliphatic carbocycles. The average Bonchev–Trinajstić information content (AvgIpc) is 2.62. The molecule has 4 heteroatoms. The SMILES string of the molecule is CC(C)CC1CCN(c2ncccc2C(=O)N2CCCCC2)CC1. The van der Waals surface area contributed by atoms with Crippen molar-refractivity contribution >= 4 is 11.7 Å². The highest BCUT2D eigenvalue weighted by Crippen LogP contribution is 2.29. The van der Waals surface area contributed by atoms with Crippen LogP contribution in [0.4, 0.5) is 5.82 Å². The minimum atomic E-state index is 0.169. The first-order chi connectivity index (χ1) is 11.6. The van der Waals surface area contributed by atoms with Gasteiger partial charge >= 0.3 is 0 Å². The Hall–Kier alpha value is -1.58. The van der Waals surface area contributed by atoms with Gasteiger partial charge in [-0.3, -0.25) is 4.79 Å². The molecule has 0 bridgehead atoms. The summed E-state index contributed by atoms with van der Waals surface area (Å²) in [6.45, 7) is 8.44. The summed E-state index contributed by atoms with van der Waals surface area (Å²) in [6, 6.07) is 3.85. The minimum absolute atomic E-state index is 0.169. The van der Waals surface area contributed by atoms with Crippen LogP contribution in [-0.2, 0) is 0 Å². The monoisotopic (exact) mass is 329 g/mol. The van der Waals surface area contributed by atoms with Gasteiger partial charge in [0.15, 0.2) is 0 Å². The van der Waals surface area contributed by atoms with E-state index in [0.29, 0.717) is 0 Å². The Kier molecular flexibility index (Phi) is 5.75. The van der Waals surface area contributed by atoms with Crippen molar-refractivity contribution in [1.29, 1.82) is 0 Å². The van der Waals surface area contributed by atoms with Gasteiger partial charge in [-0.15, -0.1) is 0 Å². The molecule has 2 aliphatic rings. The van der Waals surface area contributed by atoms with Crippen LogP contribution in [0.5, 0.6) is 0 Å². The number of carbonyl (C=O) groups is 1. The maximum absolute atomic E-state index is 12.9. The second-order valence-electron chi connectivity index (χ2n) is 7.79. The van der Waals surface area contributed by atoms with Crippen LogP contribution in [0.15, 0.2) is 18.3 Å². The van der Waals surface area contributed by atoms with Gasteiger partial charge < -0.3 is 9.80 Å². The minimum Gasteiger partial charge on any atom is -0.356 e. The van der Waals surface area contributed by atoms with E-state index in [1.54, 1.807) is 0 Å². The Labute approximate surface area is 146 Å². The molecule has 4 nitrogen and oxygen atoms in total. The van der Waals surface area contributed by atoms with Crippen molar-refractivity contribution < 1.29 is 4.79 Å². The summed E-state index contributed by atoms with van der Waals surface area (Å²) in [5, 5.41) is 0. The van der Waals surface area contributed by atoms with Crippen LogP contribution >= 0.6 is 0 Å². The number of carbonyl (C=O) groups excluding carboxylic acids is 1. The van der Waals surface area contributed by atoms with Crippen LogP contribution in [-0.4, -0.2) is 42.0 Å². The maximum Gasteiger partial charge on any atom is 0.257 e. The molecule has 1 amide bonds. The predicted octanol–water partition coefficient (Wildman–Crippen LogP) is 3.97. The van der Waals surface area contributed by atoms with E-state index in [-0.39, 0.29) is 5.91 Å². The van der Waals surface area contributed by atoms with Crippen molar-refractivity contribution in [3.05, 3.63) is 23.9 Å². The first kappa shape index (κ1) is 17.2. The largest absolute Gasteiger partial charge is 0.356 e. The van der Waals surface area contributed by atoms with Crippen molar-refractivity contribution in [2.45, 2.75) is 52.4 Å². The molecule has 2 aliphatic heterocycles. The molecule has 2 saturated heterocycles. The Morgan fingerprint density at radius 3 is 2.54 bits per heavy atom. The maximum atomic E-state index is 12.9. The van der Waals surface area contributed by atoms with E-state index >= 15 is 0 Å². The van der Waals surface area contributed by atoms with Crippen LogP contribution in [0.25, 0.3) is 0 Å². The molecule has 2 fully saturated rings. The van der Waals surface area contributed by atoms with Gasteiger partial charge in [0, 0.05) is 32.4 Å². The van der Waals surface area contributed by atoms with Crippen molar-refractivity contribution in [1.82, 2.24) is 9.88 Å². The van der Waals surface area contributed by atoms with E-state index in [9.17, 15) is 4.79 Å². The Balaban J connectivity index is 1.69. The third-order valence-electron chi connectivity index (χ3n) is 5.38. The molecule has 24 heavy (non-hydrogen) atoms. The predicted molar refractivity (Wildman–Crippen MR) is 98.4 cm³/mol. The summed E-state index contributed by atoms with van der Waals surface area (Å²) in [7, 11) is 0. The van der Waals surface area contributed by atoms with Gasteiger partial charge in [0.1, 0.15) is 5.82 Å². The number of rotatable bonds is 4. The van der Waals surface area contributed by atoms with Crippen LogP contribution in [0.3, 0.4) is 0 Å². The number of aromatic nitrogens is 1. The topological polar surface area (TPSA) is 36.4 Å². The first-order valence-electron chi connectivity index (χ1n) is 9.64. The van der Waals surface area contributed by atoms with Gasteiger partial charge in [-0.2, -0.15) is 0 Å². The fourth-order valence-electron chi connectivity index (χ4n) is 4.13. The summed E-state index contributed by atoms with van der Waals surface area (Å²) in [5.74, 6) is 2.66. The number of anilines is 1. The average molecular weight is 329 g/mol. The molecule has 0 unspecified atom stereocenters. The number of hydrogen-bond donors (Lipinski definition) is 0. The fourth-order valence-corrected chi connectivity index (χ4v) is 4.13. The molecular formula is C20H31N3O. The van der Waals surface area contributed by atoms with Crippen LogP contribution in [0, 0.1) is 11.8 Å². The highest BCUT2D eigenvalue weighted by atomic mass is 16.2. The van der Waals surface area contributed by atoms with E-state index in [0.717, 1.165) is 62.2 Å². The van der Waals surface area contributed by atoms with Crippen molar-refractivity contribution in [2.24, 2.45) is 11.8 Å². The molecule has 0 atom stereocenters. The number of likely N-dealkylation sites (tertiary alicyclic amines) is 1. The lowest BCUT2D eigenvalue weighted by Crippen LogP contribution is -2.39. The van der Waals surface area contributed by atoms with Gasteiger partial charge in [0.2, 0.25) is 0 Å². The summed E-state index contributed by atoms with van der Waals surface area (Å²) < 4.78 is 0. The number of pyridine rings is 1. The number of amides is 1. The molecule has 0 N–H and O–H groups in total. The van der Waals surface area contributed by atoms with Crippen LogP contribution in [0.1, 0.15) is 62.7 Å². The lowest BCUT2D eigenvalue weighted by molar-refractivity contribution is 0.0724. The normalized spacial score (nSPS) is 19.8. The molecule has 0 spiro atoms. The Bertz CT molecular complexity index is 544. The van der Waals surface area contributed by atoms with Gasteiger partial charge in [0.25, 0.3) is 5.91 Å². The smallest absolute Gasteiger partial charge is 0.257 e. The zero-order valence-electron chi connectivity index (χ0n) is 15.2. The van der Waals surface area contributed by atoms with Crippen LogP contribution in [0.2, 0.25) is 0 Å². The Morgan fingerprint density at radius 1 is 1.17 bits per heavy atom. The fraction of sp³-hybridized carbons (Fsp3) is 0.700. The second kappa shape index (κ2) is 8.00. The summed E-state index contributed by atoms with van der Waals surface area (Å²) in [6.07, 6.45) is 9.06. The van der Waals surface area contributed by atoms with E-state index in [1.165, 1.54) is 25.7 Å². The van der Waals surface area contributed by atoms with Crippen molar-refractivity contribution in [3.63, 3.8) is 0 Å². The molecule has 0 radical (unpaired) electrons. The molecule has 132 valence electrons. The summed E-state index contributed by atoms with van der Waals surface area (Å²) in [5.41, 5.74) is 0.793. The molecule has 1 aromatic rings. The summed E-state index contributed by atoms with van der Waals surface area (Å²) in [4.78, 5) is 21.9. The molecule has 3 rings (SSSR count). The molecular weight excluding hydrogens is 298 g/mol. The third kappa shape index (κ3) is 4.08. The van der Waals surface area contributed by atoms with E-state index in [1.807, 2.05) is 23.2 Å². The number of nitrogens with zero attached hydrogens (tertiary/aromatic N) is 3. The van der Waals surface area contributed by atoms with E-state index in [4.69, 9.17) is 0 Å². The summed E-state index contributed by atoms with van der Waals surface area (Å²) >= 11 is 0. The zero-order chi connectivity index (χ0) is 16.9. The standard InChI is InChI=1S/C20H31N3O/c1-16(2)15-17-8-13-22(14-9-17)19-18(7-6-10-21-19)20(24)23-11-4-3-5-12-23/h6-7,10,16-17H,3-5,8-9,11-15H2,1-2H3. The molecule has 0 saturated carbocycles. The Morgan fingerprint density at radius 2 is 1.88 bits per heavy atom. The highest BCUT2D eigenvalue weighted by Gasteiger charge is 2.26. The van der Waals surface area contributed by atoms with E-state index < -0.39 is 0 Å². The van der Waals surface area contributed by atoms with Gasteiger partial charge in [0.05, 0.1) is 5.56 Å². The number of hydrogen-bond acceptors (Lipinski definition) is 3. The van der Waals surface area contributed by atoms with Crippen LogP contribution < -0.4 is 4.90 Å². The quantitative estimate of drug-likeness (QED) is 0.838. The van der Waals surface area contributed by atoms with Crippen molar-refractivity contribution in [3.8, 4) is 0 Å². The number of piperidine rings is 2. The zero-order valence-corrected chi connectivity index (χ0v) is 15.2. The van der Waals surface area contributed by atoms with Crippen molar-refractivity contribution in [2.75, 3.05) is 31.1 Å². The van der Waals surface area contributed by atoms with E-state index in [2.05, 4.69) is 23.7 Å². The lowest BCUT2D eigenvalue weighted by Gasteiger charge is -2.35. The molecule has 0 aromatic carbocycles. The lowest BCUT2D eigenvalue weighted by atomic mass is 9.88. The van der Waals surface area contributed by atoms with Gasteiger partial charge in [-0.05, 0) is 62.5 Å². The second-order valence-corrected chi connectivity index (χ2v) is 7.79. The first-order valence-corrected chi connectivity index (χ1v) is 9.64. The highest BCUT2D eigenvalue weighted by molar-refractivity contribution is 5.99. The van der Waals surface area contributed by atoms with Gasteiger partial charge in [-0.25, -0.2) is 4.98 Å². The molecule has 3 heterocycles.